The second-order valence-electron chi connectivity index (χ2n) is 7.54. The monoisotopic (exact) mass is 419 g/mol. The Morgan fingerprint density at radius 1 is 1.23 bits per heavy atom. The van der Waals surface area contributed by atoms with Gasteiger partial charge in [0.25, 0.3) is 5.91 Å². The molecule has 0 saturated heterocycles. The summed E-state index contributed by atoms with van der Waals surface area (Å²) in [4.78, 5) is 50.7. The number of carboxylic acids is 1. The lowest BCUT2D eigenvalue weighted by atomic mass is 10.1. The van der Waals surface area contributed by atoms with Crippen LogP contribution in [0.3, 0.4) is 0 Å². The van der Waals surface area contributed by atoms with Crippen molar-refractivity contribution in [2.75, 3.05) is 19.7 Å². The van der Waals surface area contributed by atoms with Crippen LogP contribution in [0.1, 0.15) is 44.0 Å². The summed E-state index contributed by atoms with van der Waals surface area (Å²) >= 11 is 0. The third-order valence-corrected chi connectivity index (χ3v) is 5.02. The Balaban J connectivity index is 2.36. The Kier molecular flexibility index (Phi) is 8.20. The molecule has 1 aromatic carbocycles. The van der Waals surface area contributed by atoms with Crippen LogP contribution in [-0.2, 0) is 14.4 Å². The van der Waals surface area contributed by atoms with Gasteiger partial charge in [0.15, 0.2) is 0 Å². The predicted octanol–water partition coefficient (Wildman–Crippen LogP) is 1.03. The van der Waals surface area contributed by atoms with E-state index >= 15 is 0 Å². The zero-order valence-electron chi connectivity index (χ0n) is 17.5. The molecule has 9 heteroatoms. The van der Waals surface area contributed by atoms with E-state index in [9.17, 15) is 24.3 Å². The molecule has 9 nitrogen and oxygen atoms in total. The van der Waals surface area contributed by atoms with E-state index in [0.29, 0.717) is 12.3 Å². The van der Waals surface area contributed by atoms with E-state index in [-0.39, 0.29) is 55.3 Å². The van der Waals surface area contributed by atoms with Crippen LogP contribution < -0.4 is 15.4 Å². The number of hydrogen-bond donors (Lipinski definition) is 3. The standard InChI is InChI=1S/C21H29N3O6/c1-4-24-11-18(25)22-16(13(2)3)12-30-17-8-6-5-7-14(17)20(27)23-15(21(28)29)9-10-19(24)26/h5-8,13,15-16H,4,9-12H2,1-3H3,(H,22,25)(H,23,27)(H,28,29)/t15-,16+/m0/s1. The highest BCUT2D eigenvalue weighted by atomic mass is 16.5. The molecular formula is C21H29N3O6. The van der Waals surface area contributed by atoms with Crippen LogP contribution in [0.2, 0.25) is 0 Å². The average Bonchev–Trinajstić information content (AvgIpc) is 2.71. The van der Waals surface area contributed by atoms with Crippen molar-refractivity contribution in [1.82, 2.24) is 15.5 Å². The van der Waals surface area contributed by atoms with E-state index in [1.54, 1.807) is 25.1 Å². The molecule has 1 aliphatic heterocycles. The van der Waals surface area contributed by atoms with E-state index in [4.69, 9.17) is 4.74 Å². The van der Waals surface area contributed by atoms with E-state index < -0.39 is 17.9 Å². The summed E-state index contributed by atoms with van der Waals surface area (Å²) in [5.74, 6) is -2.16. The Hall–Kier alpha value is -3.10. The predicted molar refractivity (Wildman–Crippen MR) is 109 cm³/mol. The highest BCUT2D eigenvalue weighted by molar-refractivity contribution is 5.99. The van der Waals surface area contributed by atoms with Gasteiger partial charge in [0.05, 0.1) is 18.2 Å². The summed E-state index contributed by atoms with van der Waals surface area (Å²) in [6.07, 6.45) is -0.195. The number of benzene rings is 1. The molecule has 0 radical (unpaired) electrons. The van der Waals surface area contributed by atoms with Gasteiger partial charge in [0.1, 0.15) is 18.4 Å². The number of hydrogen-bond acceptors (Lipinski definition) is 5. The molecule has 0 aromatic heterocycles. The van der Waals surface area contributed by atoms with Crippen LogP contribution in [0.25, 0.3) is 0 Å². The number of likely N-dealkylation sites (N-methyl/N-ethyl adjacent to an activating group) is 1. The molecule has 0 spiro atoms. The van der Waals surface area contributed by atoms with Gasteiger partial charge in [-0.25, -0.2) is 4.79 Å². The number of nitrogens with one attached hydrogen (secondary N) is 2. The van der Waals surface area contributed by atoms with E-state index in [1.807, 2.05) is 13.8 Å². The van der Waals surface area contributed by atoms with Crippen molar-refractivity contribution >= 4 is 23.7 Å². The van der Waals surface area contributed by atoms with Crippen LogP contribution in [0.5, 0.6) is 5.75 Å². The first-order valence-electron chi connectivity index (χ1n) is 10.1. The number of carbonyl (C=O) groups excluding carboxylic acids is 3. The maximum absolute atomic E-state index is 12.7. The molecule has 0 fully saturated rings. The van der Waals surface area contributed by atoms with Gasteiger partial charge in [-0.1, -0.05) is 26.0 Å². The number of nitrogens with zero attached hydrogens (tertiary/aromatic N) is 1. The van der Waals surface area contributed by atoms with Gasteiger partial charge in [-0.15, -0.1) is 0 Å². The lowest BCUT2D eigenvalue weighted by Crippen LogP contribution is -2.48. The number of amides is 3. The third-order valence-electron chi connectivity index (χ3n) is 5.02. The first-order chi connectivity index (χ1) is 14.2. The minimum atomic E-state index is -1.24. The Morgan fingerprint density at radius 2 is 1.93 bits per heavy atom. The number of para-hydroxylation sites is 1. The van der Waals surface area contributed by atoms with E-state index in [2.05, 4.69) is 10.6 Å². The van der Waals surface area contributed by atoms with Crippen LogP contribution in [0, 0.1) is 5.92 Å². The second-order valence-corrected chi connectivity index (χ2v) is 7.54. The van der Waals surface area contributed by atoms with Gasteiger partial charge in [-0.05, 0) is 31.4 Å². The van der Waals surface area contributed by atoms with E-state index in [0.717, 1.165) is 0 Å². The van der Waals surface area contributed by atoms with Crippen LogP contribution in [0.15, 0.2) is 24.3 Å². The van der Waals surface area contributed by atoms with Crippen LogP contribution in [0.4, 0.5) is 0 Å². The molecule has 0 unspecified atom stereocenters. The molecule has 2 atom stereocenters. The zero-order valence-corrected chi connectivity index (χ0v) is 17.5. The summed E-state index contributed by atoms with van der Waals surface area (Å²) < 4.78 is 5.82. The van der Waals surface area contributed by atoms with Crippen molar-refractivity contribution in [3.05, 3.63) is 29.8 Å². The number of rotatable bonds is 3. The quantitative estimate of drug-likeness (QED) is 0.672. The molecule has 30 heavy (non-hydrogen) atoms. The molecule has 1 heterocycles. The Labute approximate surface area is 175 Å². The van der Waals surface area contributed by atoms with Crippen molar-refractivity contribution in [1.29, 1.82) is 0 Å². The van der Waals surface area contributed by atoms with Crippen molar-refractivity contribution in [2.24, 2.45) is 5.92 Å². The number of carboxylic acid groups (broad SMARTS) is 1. The first kappa shape index (κ1) is 23.2. The van der Waals surface area contributed by atoms with Gasteiger partial charge in [-0.2, -0.15) is 0 Å². The SMILES string of the molecule is CCN1CC(=O)N[C@@H](C(C)C)COc2ccccc2C(=O)N[C@H](C(=O)O)CCC1=O. The maximum Gasteiger partial charge on any atom is 0.326 e. The third kappa shape index (κ3) is 6.20. The summed E-state index contributed by atoms with van der Waals surface area (Å²) in [5.41, 5.74) is 0.189. The molecule has 164 valence electrons. The minimum absolute atomic E-state index is 0.0489. The molecular weight excluding hydrogens is 390 g/mol. The largest absolute Gasteiger partial charge is 0.491 e. The van der Waals surface area contributed by atoms with Gasteiger partial charge in [0, 0.05) is 13.0 Å². The van der Waals surface area contributed by atoms with E-state index in [1.165, 1.54) is 11.0 Å². The smallest absolute Gasteiger partial charge is 0.326 e. The van der Waals surface area contributed by atoms with Gasteiger partial charge < -0.3 is 25.4 Å². The Bertz CT molecular complexity index is 795. The summed E-state index contributed by atoms with van der Waals surface area (Å²) in [6, 6.07) is 4.93. The summed E-state index contributed by atoms with van der Waals surface area (Å²) in [6.45, 7) is 5.91. The van der Waals surface area contributed by atoms with Crippen molar-refractivity contribution in [2.45, 2.75) is 45.7 Å². The molecule has 2 rings (SSSR count). The van der Waals surface area contributed by atoms with Crippen molar-refractivity contribution in [3.8, 4) is 5.75 Å². The van der Waals surface area contributed by atoms with Crippen LogP contribution in [-0.4, -0.2) is 65.5 Å². The van der Waals surface area contributed by atoms with Crippen molar-refractivity contribution < 1.29 is 29.0 Å². The second kappa shape index (κ2) is 10.6. The summed E-state index contributed by atoms with van der Waals surface area (Å²) in [5, 5.41) is 14.8. The fourth-order valence-corrected chi connectivity index (χ4v) is 3.08. The minimum Gasteiger partial charge on any atom is -0.491 e. The molecule has 1 aliphatic rings. The maximum atomic E-state index is 12.7. The Morgan fingerprint density at radius 3 is 2.57 bits per heavy atom. The fraction of sp³-hybridized carbons (Fsp3) is 0.524. The number of carbonyl (C=O) groups is 4. The molecule has 1 aromatic rings. The highest BCUT2D eigenvalue weighted by Gasteiger charge is 2.26. The summed E-state index contributed by atoms with van der Waals surface area (Å²) in [7, 11) is 0. The van der Waals surface area contributed by atoms with Gasteiger partial charge in [0.2, 0.25) is 11.8 Å². The first-order valence-corrected chi connectivity index (χ1v) is 10.1. The average molecular weight is 419 g/mol. The zero-order chi connectivity index (χ0) is 22.3. The molecule has 0 aliphatic carbocycles. The molecule has 0 saturated carbocycles. The lowest BCUT2D eigenvalue weighted by Gasteiger charge is -2.25. The van der Waals surface area contributed by atoms with Crippen molar-refractivity contribution in [3.63, 3.8) is 0 Å². The number of ether oxygens (including phenoxy) is 1. The molecule has 3 amide bonds. The van der Waals surface area contributed by atoms with Crippen LogP contribution >= 0.6 is 0 Å². The number of fused-ring (bicyclic) bond motifs is 1. The van der Waals surface area contributed by atoms with Gasteiger partial charge in [-0.3, -0.25) is 14.4 Å². The molecule has 3 N–H and O–H groups in total. The van der Waals surface area contributed by atoms with Gasteiger partial charge >= 0.3 is 5.97 Å². The molecule has 0 bridgehead atoms. The number of aliphatic carboxylic acids is 1. The fourth-order valence-electron chi connectivity index (χ4n) is 3.08. The normalized spacial score (nSPS) is 21.6. The topological polar surface area (TPSA) is 125 Å². The highest BCUT2D eigenvalue weighted by Crippen LogP contribution is 2.19. The lowest BCUT2D eigenvalue weighted by molar-refractivity contribution is -0.140.